The fourth-order valence-electron chi connectivity index (χ4n) is 1.65. The van der Waals surface area contributed by atoms with Crippen molar-refractivity contribution in [3.05, 3.63) is 62.5 Å². The van der Waals surface area contributed by atoms with Crippen molar-refractivity contribution < 1.29 is 0 Å². The van der Waals surface area contributed by atoms with E-state index in [2.05, 4.69) is 22.0 Å². The van der Waals surface area contributed by atoms with Gasteiger partial charge in [0.25, 0.3) is 5.56 Å². The number of benzene rings is 1. The smallest absolute Gasteiger partial charge is 0.256 e. The Morgan fingerprint density at radius 3 is 2.53 bits per heavy atom. The Morgan fingerprint density at radius 2 is 1.94 bits per heavy atom. The summed E-state index contributed by atoms with van der Waals surface area (Å²) in [5.41, 5.74) is 1.74. The molecular formula is C13H9BrN2O. The zero-order valence-electron chi connectivity index (χ0n) is 9.14. The van der Waals surface area contributed by atoms with Gasteiger partial charge in [-0.2, -0.15) is 5.26 Å². The second-order valence-corrected chi connectivity index (χ2v) is 4.37. The first-order chi connectivity index (χ1) is 8.15. The molecule has 2 rings (SSSR count). The molecule has 0 amide bonds. The average Bonchev–Trinajstić information content (AvgIpc) is 2.30. The molecule has 1 aromatic heterocycles. The number of hydrogen-bond acceptors (Lipinski definition) is 2. The SMILES string of the molecule is Cc1cc(=O)n(-c2ccccc2)c(Br)c1C#N. The Kier molecular flexibility index (Phi) is 3.12. The lowest BCUT2D eigenvalue weighted by molar-refractivity contribution is 0.945. The van der Waals surface area contributed by atoms with E-state index in [-0.39, 0.29) is 5.56 Å². The third-order valence-electron chi connectivity index (χ3n) is 2.48. The van der Waals surface area contributed by atoms with Gasteiger partial charge in [0.15, 0.2) is 0 Å². The number of rotatable bonds is 1. The zero-order chi connectivity index (χ0) is 12.4. The fourth-order valence-corrected chi connectivity index (χ4v) is 2.43. The van der Waals surface area contributed by atoms with E-state index in [0.717, 1.165) is 5.69 Å². The largest absolute Gasteiger partial charge is 0.270 e. The van der Waals surface area contributed by atoms with Crippen LogP contribution in [0.5, 0.6) is 0 Å². The monoisotopic (exact) mass is 288 g/mol. The normalized spacial score (nSPS) is 9.94. The molecule has 0 saturated heterocycles. The molecule has 1 heterocycles. The molecule has 4 heteroatoms. The number of para-hydroxylation sites is 1. The van der Waals surface area contributed by atoms with Crippen LogP contribution in [-0.2, 0) is 0 Å². The van der Waals surface area contributed by atoms with Crippen molar-refractivity contribution in [1.29, 1.82) is 5.26 Å². The van der Waals surface area contributed by atoms with E-state index in [4.69, 9.17) is 5.26 Å². The lowest BCUT2D eigenvalue weighted by atomic mass is 10.2. The van der Waals surface area contributed by atoms with E-state index < -0.39 is 0 Å². The number of aryl methyl sites for hydroxylation is 1. The van der Waals surface area contributed by atoms with Crippen LogP contribution in [0.25, 0.3) is 5.69 Å². The maximum atomic E-state index is 12.0. The molecule has 1 aromatic carbocycles. The van der Waals surface area contributed by atoms with Gasteiger partial charge in [0.2, 0.25) is 0 Å². The van der Waals surface area contributed by atoms with Crippen molar-refractivity contribution >= 4 is 15.9 Å². The predicted molar refractivity (Wildman–Crippen MR) is 69.2 cm³/mol. The summed E-state index contributed by atoms with van der Waals surface area (Å²) in [5, 5.41) is 9.07. The van der Waals surface area contributed by atoms with Crippen molar-refractivity contribution in [3.8, 4) is 11.8 Å². The molecule has 0 fully saturated rings. The van der Waals surface area contributed by atoms with E-state index >= 15 is 0 Å². The third-order valence-corrected chi connectivity index (χ3v) is 3.23. The minimum atomic E-state index is -0.153. The topological polar surface area (TPSA) is 45.8 Å². The quantitative estimate of drug-likeness (QED) is 0.758. The molecule has 0 radical (unpaired) electrons. The van der Waals surface area contributed by atoms with Crippen molar-refractivity contribution in [2.75, 3.05) is 0 Å². The molecular weight excluding hydrogens is 280 g/mol. The van der Waals surface area contributed by atoms with Crippen LogP contribution in [0.15, 0.2) is 45.8 Å². The second kappa shape index (κ2) is 4.56. The minimum Gasteiger partial charge on any atom is -0.270 e. The predicted octanol–water partition coefficient (Wildman–Crippen LogP) is 2.78. The van der Waals surface area contributed by atoms with Crippen molar-refractivity contribution in [1.82, 2.24) is 4.57 Å². The summed E-state index contributed by atoms with van der Waals surface area (Å²) >= 11 is 3.32. The lowest BCUT2D eigenvalue weighted by Crippen LogP contribution is -2.20. The maximum absolute atomic E-state index is 12.0. The number of nitrogens with zero attached hydrogens (tertiary/aromatic N) is 2. The Hall–Kier alpha value is -1.86. The van der Waals surface area contributed by atoms with Gasteiger partial charge in [-0.1, -0.05) is 18.2 Å². The van der Waals surface area contributed by atoms with Crippen LogP contribution < -0.4 is 5.56 Å². The molecule has 17 heavy (non-hydrogen) atoms. The first-order valence-electron chi connectivity index (χ1n) is 5.03. The maximum Gasteiger partial charge on any atom is 0.256 e. The highest BCUT2D eigenvalue weighted by Gasteiger charge is 2.11. The van der Waals surface area contributed by atoms with Crippen molar-refractivity contribution in [2.45, 2.75) is 6.92 Å². The Morgan fingerprint density at radius 1 is 1.29 bits per heavy atom. The van der Waals surface area contributed by atoms with Gasteiger partial charge in [-0.25, -0.2) is 0 Å². The highest BCUT2D eigenvalue weighted by atomic mass is 79.9. The summed E-state index contributed by atoms with van der Waals surface area (Å²) in [6.07, 6.45) is 0. The van der Waals surface area contributed by atoms with Gasteiger partial charge >= 0.3 is 0 Å². The zero-order valence-corrected chi connectivity index (χ0v) is 10.7. The lowest BCUT2D eigenvalue weighted by Gasteiger charge is -2.10. The van der Waals surface area contributed by atoms with Gasteiger partial charge < -0.3 is 0 Å². The van der Waals surface area contributed by atoms with Crippen LogP contribution in [0.1, 0.15) is 11.1 Å². The standard InChI is InChI=1S/C13H9BrN2O/c1-9-7-12(17)16(13(14)11(9)8-15)10-5-3-2-4-6-10/h2-7H,1H3. The summed E-state index contributed by atoms with van der Waals surface area (Å²) in [6, 6.07) is 12.8. The molecule has 0 atom stereocenters. The van der Waals surface area contributed by atoms with Crippen LogP contribution in [0.2, 0.25) is 0 Å². The van der Waals surface area contributed by atoms with Gasteiger partial charge in [0.05, 0.1) is 5.56 Å². The number of aromatic nitrogens is 1. The molecule has 0 aliphatic carbocycles. The molecule has 84 valence electrons. The highest BCUT2D eigenvalue weighted by Crippen LogP contribution is 2.20. The summed E-state index contributed by atoms with van der Waals surface area (Å²) in [4.78, 5) is 12.0. The van der Waals surface area contributed by atoms with Crippen LogP contribution in [-0.4, -0.2) is 4.57 Å². The molecule has 2 aromatic rings. The van der Waals surface area contributed by atoms with Gasteiger partial charge in [-0.15, -0.1) is 0 Å². The molecule has 0 bridgehead atoms. The van der Waals surface area contributed by atoms with E-state index in [1.165, 1.54) is 10.6 Å². The first kappa shape index (κ1) is 11.6. The van der Waals surface area contributed by atoms with Gasteiger partial charge in [-0.3, -0.25) is 9.36 Å². The molecule has 0 aliphatic rings. The Bertz CT molecular complexity index is 654. The summed E-state index contributed by atoms with van der Waals surface area (Å²) < 4.78 is 1.97. The molecule has 0 spiro atoms. The van der Waals surface area contributed by atoms with Gasteiger partial charge in [0.1, 0.15) is 10.7 Å². The van der Waals surface area contributed by atoms with Gasteiger partial charge in [-0.05, 0) is 40.5 Å². The highest BCUT2D eigenvalue weighted by molar-refractivity contribution is 9.10. The van der Waals surface area contributed by atoms with Crippen LogP contribution in [0.3, 0.4) is 0 Å². The van der Waals surface area contributed by atoms with Crippen LogP contribution >= 0.6 is 15.9 Å². The fraction of sp³-hybridized carbons (Fsp3) is 0.0769. The number of hydrogen-bond donors (Lipinski definition) is 0. The number of pyridine rings is 1. The Balaban J connectivity index is 2.81. The molecule has 0 N–H and O–H groups in total. The minimum absolute atomic E-state index is 0.153. The molecule has 0 aliphatic heterocycles. The third kappa shape index (κ3) is 2.02. The van der Waals surface area contributed by atoms with E-state index in [9.17, 15) is 4.79 Å². The second-order valence-electron chi connectivity index (χ2n) is 3.61. The van der Waals surface area contributed by atoms with Crippen molar-refractivity contribution in [3.63, 3.8) is 0 Å². The first-order valence-corrected chi connectivity index (χ1v) is 5.82. The molecule has 3 nitrogen and oxygen atoms in total. The van der Waals surface area contributed by atoms with Crippen molar-refractivity contribution in [2.24, 2.45) is 0 Å². The average molecular weight is 289 g/mol. The van der Waals surface area contributed by atoms with Crippen LogP contribution in [0.4, 0.5) is 0 Å². The van der Waals surface area contributed by atoms with Crippen LogP contribution in [0, 0.1) is 18.3 Å². The molecule has 0 unspecified atom stereocenters. The van der Waals surface area contributed by atoms with E-state index in [1.54, 1.807) is 6.92 Å². The summed E-state index contributed by atoms with van der Waals surface area (Å²) in [5.74, 6) is 0. The molecule has 0 saturated carbocycles. The van der Waals surface area contributed by atoms with E-state index in [1.807, 2.05) is 30.3 Å². The Labute approximate surface area is 107 Å². The summed E-state index contributed by atoms with van der Waals surface area (Å²) in [6.45, 7) is 1.75. The van der Waals surface area contributed by atoms with Gasteiger partial charge in [0, 0.05) is 11.8 Å². The summed E-state index contributed by atoms with van der Waals surface area (Å²) in [7, 11) is 0. The number of nitriles is 1. The number of halogens is 1. The van der Waals surface area contributed by atoms with E-state index in [0.29, 0.717) is 15.7 Å².